The third-order valence-corrected chi connectivity index (χ3v) is 6.53. The first-order valence-electron chi connectivity index (χ1n) is 8.50. The minimum Gasteiger partial charge on any atom is -0.367 e. The second kappa shape index (κ2) is 7.64. The first-order chi connectivity index (χ1) is 13.2. The van der Waals surface area contributed by atoms with Gasteiger partial charge in [0.2, 0.25) is 10.0 Å². The maximum absolute atomic E-state index is 14.2. The van der Waals surface area contributed by atoms with Crippen LogP contribution >= 0.6 is 0 Å². The van der Waals surface area contributed by atoms with E-state index in [4.69, 9.17) is 0 Å². The van der Waals surface area contributed by atoms with Gasteiger partial charge in [0.1, 0.15) is 0 Å². The number of piperazine rings is 1. The number of anilines is 1. The number of hydrogen-bond donors (Lipinski definition) is 0. The van der Waals surface area contributed by atoms with Gasteiger partial charge in [-0.3, -0.25) is 14.9 Å². The van der Waals surface area contributed by atoms with Crippen molar-refractivity contribution in [2.24, 2.45) is 0 Å². The molecule has 1 aliphatic heterocycles. The number of non-ortho nitro benzene ring substituents is 1. The van der Waals surface area contributed by atoms with Crippen molar-refractivity contribution in [1.29, 1.82) is 0 Å². The van der Waals surface area contributed by atoms with Crippen LogP contribution in [-0.2, 0) is 10.0 Å². The molecule has 1 heterocycles. The number of rotatable bonds is 5. The van der Waals surface area contributed by atoms with Gasteiger partial charge in [0.25, 0.3) is 5.69 Å². The molecule has 0 saturated carbocycles. The smallest absolute Gasteiger partial charge is 0.272 e. The first kappa shape index (κ1) is 19.9. The summed E-state index contributed by atoms with van der Waals surface area (Å²) in [7, 11) is -3.73. The molecule has 3 rings (SSSR count). The Labute approximate surface area is 161 Å². The Morgan fingerprint density at radius 1 is 1.07 bits per heavy atom. The Morgan fingerprint density at radius 2 is 1.68 bits per heavy atom. The van der Waals surface area contributed by atoms with Gasteiger partial charge in [0.05, 0.1) is 21.6 Å². The van der Waals surface area contributed by atoms with Crippen LogP contribution in [-0.4, -0.2) is 49.6 Å². The summed E-state index contributed by atoms with van der Waals surface area (Å²) in [6.45, 7) is 2.19. The number of carbonyl (C=O) groups is 1. The number of hydrogen-bond acceptors (Lipinski definition) is 6. The van der Waals surface area contributed by atoms with Crippen molar-refractivity contribution in [3.05, 3.63) is 64.0 Å². The summed E-state index contributed by atoms with van der Waals surface area (Å²) in [6, 6.07) is 9.14. The van der Waals surface area contributed by atoms with Crippen molar-refractivity contribution in [2.75, 3.05) is 31.1 Å². The lowest BCUT2D eigenvalue weighted by Gasteiger charge is -2.35. The molecule has 10 heteroatoms. The summed E-state index contributed by atoms with van der Waals surface area (Å²) >= 11 is 0. The molecule has 0 bridgehead atoms. The number of benzene rings is 2. The van der Waals surface area contributed by atoms with Crippen molar-refractivity contribution in [3.63, 3.8) is 0 Å². The number of nitro groups is 1. The Morgan fingerprint density at radius 3 is 2.18 bits per heavy atom. The summed E-state index contributed by atoms with van der Waals surface area (Å²) in [5, 5.41) is 10.7. The van der Waals surface area contributed by atoms with Crippen molar-refractivity contribution in [1.82, 2.24) is 4.31 Å². The lowest BCUT2D eigenvalue weighted by Crippen LogP contribution is -2.48. The molecule has 0 atom stereocenters. The molecule has 8 nitrogen and oxygen atoms in total. The number of halogens is 1. The maximum Gasteiger partial charge on any atom is 0.272 e. The van der Waals surface area contributed by atoms with Crippen molar-refractivity contribution in [2.45, 2.75) is 11.8 Å². The van der Waals surface area contributed by atoms with Crippen LogP contribution in [0.25, 0.3) is 0 Å². The average Bonchev–Trinajstić information content (AvgIpc) is 2.68. The van der Waals surface area contributed by atoms with E-state index in [-0.39, 0.29) is 48.2 Å². The molecule has 0 unspecified atom stereocenters. The quantitative estimate of drug-likeness (QED) is 0.429. The highest BCUT2D eigenvalue weighted by Crippen LogP contribution is 2.26. The molecule has 28 heavy (non-hydrogen) atoms. The van der Waals surface area contributed by atoms with Crippen LogP contribution in [0, 0.1) is 15.9 Å². The molecule has 148 valence electrons. The van der Waals surface area contributed by atoms with E-state index in [1.165, 1.54) is 47.6 Å². The fraction of sp³-hybridized carbons (Fsp3) is 0.278. The van der Waals surface area contributed by atoms with E-state index in [0.717, 1.165) is 6.07 Å². The van der Waals surface area contributed by atoms with Gasteiger partial charge in [-0.2, -0.15) is 4.31 Å². The van der Waals surface area contributed by atoms with E-state index in [0.29, 0.717) is 5.56 Å². The van der Waals surface area contributed by atoms with Crippen molar-refractivity contribution >= 4 is 27.2 Å². The van der Waals surface area contributed by atoms with E-state index in [1.54, 1.807) is 4.90 Å². The summed E-state index contributed by atoms with van der Waals surface area (Å²) in [5.74, 6) is -0.868. The standard InChI is InChI=1S/C18H18FN3O5S/c1-13(23)14-2-5-16(6-3-14)28(26,27)21-10-8-20(9-11-21)18-7-4-15(22(24)25)12-17(18)19/h2-7,12H,8-11H2,1H3. The minimum atomic E-state index is -3.73. The lowest BCUT2D eigenvalue weighted by molar-refractivity contribution is -0.385. The molecule has 0 N–H and O–H groups in total. The second-order valence-corrected chi connectivity index (χ2v) is 8.30. The second-order valence-electron chi connectivity index (χ2n) is 6.36. The van der Waals surface area contributed by atoms with Crippen LogP contribution in [0.3, 0.4) is 0 Å². The van der Waals surface area contributed by atoms with Gasteiger partial charge in [-0.05, 0) is 25.1 Å². The van der Waals surface area contributed by atoms with E-state index in [1.807, 2.05) is 0 Å². The fourth-order valence-corrected chi connectivity index (χ4v) is 4.47. The molecule has 0 spiro atoms. The minimum absolute atomic E-state index is 0.0902. The van der Waals surface area contributed by atoms with E-state index in [2.05, 4.69) is 0 Å². The van der Waals surface area contributed by atoms with Crippen LogP contribution in [0.2, 0.25) is 0 Å². The molecular formula is C18H18FN3O5S. The summed E-state index contributed by atoms with van der Waals surface area (Å²) < 4.78 is 41.0. The Kier molecular flexibility index (Phi) is 5.43. The lowest BCUT2D eigenvalue weighted by atomic mass is 10.2. The van der Waals surface area contributed by atoms with Gasteiger partial charge >= 0.3 is 0 Å². The zero-order valence-electron chi connectivity index (χ0n) is 15.0. The van der Waals surface area contributed by atoms with Crippen molar-refractivity contribution in [3.8, 4) is 0 Å². The molecule has 0 aliphatic carbocycles. The number of nitro benzene ring substituents is 1. The van der Waals surface area contributed by atoms with Gasteiger partial charge in [-0.1, -0.05) is 12.1 Å². The van der Waals surface area contributed by atoms with Gasteiger partial charge in [-0.15, -0.1) is 0 Å². The normalized spacial score (nSPS) is 15.4. The third-order valence-electron chi connectivity index (χ3n) is 4.62. The molecule has 0 amide bonds. The predicted octanol–water partition coefficient (Wildman–Crippen LogP) is 2.45. The molecule has 1 saturated heterocycles. The number of ketones is 1. The topological polar surface area (TPSA) is 101 Å². The summed E-state index contributed by atoms with van der Waals surface area (Å²) in [5.41, 5.74) is 0.294. The number of Topliss-reactive ketones (excluding diaryl/α,β-unsaturated/α-hetero) is 1. The highest BCUT2D eigenvalue weighted by molar-refractivity contribution is 7.89. The summed E-state index contributed by atoms with van der Waals surface area (Å²) in [4.78, 5) is 23.1. The van der Waals surface area contributed by atoms with E-state index in [9.17, 15) is 27.7 Å². The molecule has 0 radical (unpaired) electrons. The number of sulfonamides is 1. The third kappa shape index (κ3) is 3.87. The van der Waals surface area contributed by atoms with Crippen molar-refractivity contribution < 1.29 is 22.5 Å². The molecule has 1 fully saturated rings. The van der Waals surface area contributed by atoms with Crippen LogP contribution in [0.5, 0.6) is 0 Å². The van der Waals surface area contributed by atoms with Gasteiger partial charge in [0.15, 0.2) is 11.6 Å². The molecule has 0 aromatic heterocycles. The van der Waals surface area contributed by atoms with E-state index < -0.39 is 20.8 Å². The average molecular weight is 407 g/mol. The fourth-order valence-electron chi connectivity index (χ4n) is 3.05. The molecule has 2 aromatic carbocycles. The van der Waals surface area contributed by atoms with Gasteiger partial charge in [0, 0.05) is 37.8 Å². The Balaban J connectivity index is 1.72. The number of carbonyl (C=O) groups excluding carboxylic acids is 1. The van der Waals surface area contributed by atoms with Crippen LogP contribution in [0.15, 0.2) is 47.4 Å². The monoisotopic (exact) mass is 407 g/mol. The maximum atomic E-state index is 14.2. The van der Waals surface area contributed by atoms with E-state index >= 15 is 0 Å². The van der Waals surface area contributed by atoms with Gasteiger partial charge < -0.3 is 4.90 Å². The SMILES string of the molecule is CC(=O)c1ccc(S(=O)(=O)N2CCN(c3ccc([N+](=O)[O-])cc3F)CC2)cc1. The van der Waals surface area contributed by atoms with Gasteiger partial charge in [-0.25, -0.2) is 12.8 Å². The Hall–Kier alpha value is -2.85. The zero-order chi connectivity index (χ0) is 20.5. The highest BCUT2D eigenvalue weighted by atomic mass is 32.2. The van der Waals surface area contributed by atoms with Crippen LogP contribution in [0.1, 0.15) is 17.3 Å². The molecular weight excluding hydrogens is 389 g/mol. The number of nitrogens with zero attached hydrogens (tertiary/aromatic N) is 3. The highest BCUT2D eigenvalue weighted by Gasteiger charge is 2.29. The zero-order valence-corrected chi connectivity index (χ0v) is 15.9. The molecule has 2 aromatic rings. The first-order valence-corrected chi connectivity index (χ1v) is 9.94. The van der Waals surface area contributed by atoms with Crippen LogP contribution in [0.4, 0.5) is 15.8 Å². The largest absolute Gasteiger partial charge is 0.367 e. The van der Waals surface area contributed by atoms with Crippen LogP contribution < -0.4 is 4.90 Å². The molecule has 1 aliphatic rings. The Bertz CT molecular complexity index is 1020. The summed E-state index contributed by atoms with van der Waals surface area (Å²) in [6.07, 6.45) is 0. The predicted molar refractivity (Wildman–Crippen MR) is 100 cm³/mol.